The Bertz CT molecular complexity index is 295. The maximum atomic E-state index is 5.49. The normalized spacial score (nSPS) is 12.6. The highest BCUT2D eigenvalue weighted by atomic mass is 79.9. The SMILES string of the molecule is CCCNC(COCC)Cc1ccc(Br)cn1. The summed E-state index contributed by atoms with van der Waals surface area (Å²) in [7, 11) is 0. The molecular formula is C13H21BrN2O. The Balaban J connectivity index is 2.48. The van der Waals surface area contributed by atoms with Gasteiger partial charge < -0.3 is 10.1 Å². The molecule has 17 heavy (non-hydrogen) atoms. The second kappa shape index (κ2) is 8.61. The third-order valence-corrected chi connectivity index (χ3v) is 2.92. The largest absolute Gasteiger partial charge is 0.380 e. The summed E-state index contributed by atoms with van der Waals surface area (Å²) in [6, 6.07) is 4.43. The Labute approximate surface area is 112 Å². The molecule has 0 aliphatic carbocycles. The molecule has 0 saturated heterocycles. The molecule has 0 aromatic carbocycles. The Morgan fingerprint density at radius 3 is 2.82 bits per heavy atom. The topological polar surface area (TPSA) is 34.1 Å². The van der Waals surface area contributed by atoms with Crippen molar-refractivity contribution < 1.29 is 4.74 Å². The average molecular weight is 301 g/mol. The van der Waals surface area contributed by atoms with Crippen LogP contribution in [0.4, 0.5) is 0 Å². The Hall–Kier alpha value is -0.450. The van der Waals surface area contributed by atoms with Gasteiger partial charge in [-0.25, -0.2) is 0 Å². The highest BCUT2D eigenvalue weighted by Crippen LogP contribution is 2.09. The molecule has 1 aromatic rings. The first-order valence-electron chi connectivity index (χ1n) is 6.17. The van der Waals surface area contributed by atoms with Gasteiger partial charge in [0.05, 0.1) is 6.61 Å². The van der Waals surface area contributed by atoms with Gasteiger partial charge in [-0.05, 0) is 48.0 Å². The number of pyridine rings is 1. The summed E-state index contributed by atoms with van der Waals surface area (Å²) in [6.07, 6.45) is 3.89. The summed E-state index contributed by atoms with van der Waals surface area (Å²) < 4.78 is 6.51. The fourth-order valence-electron chi connectivity index (χ4n) is 1.58. The van der Waals surface area contributed by atoms with Crippen molar-refractivity contribution in [2.45, 2.75) is 32.7 Å². The molecule has 4 heteroatoms. The van der Waals surface area contributed by atoms with E-state index in [0.29, 0.717) is 6.04 Å². The van der Waals surface area contributed by atoms with E-state index in [1.54, 1.807) is 0 Å². The van der Waals surface area contributed by atoms with Crippen LogP contribution in [0, 0.1) is 0 Å². The summed E-state index contributed by atoms with van der Waals surface area (Å²) in [5.41, 5.74) is 1.10. The highest BCUT2D eigenvalue weighted by Gasteiger charge is 2.09. The quantitative estimate of drug-likeness (QED) is 0.802. The first-order chi connectivity index (χ1) is 8.26. The number of ether oxygens (including phenoxy) is 1. The minimum atomic E-state index is 0.351. The molecule has 0 radical (unpaired) electrons. The van der Waals surface area contributed by atoms with Gasteiger partial charge in [-0.2, -0.15) is 0 Å². The Kier molecular flexibility index (Phi) is 7.40. The van der Waals surface area contributed by atoms with Crippen LogP contribution in [0.1, 0.15) is 26.0 Å². The Morgan fingerprint density at radius 2 is 2.24 bits per heavy atom. The molecule has 0 amide bonds. The van der Waals surface area contributed by atoms with E-state index in [-0.39, 0.29) is 0 Å². The van der Waals surface area contributed by atoms with Crippen LogP contribution in [0.15, 0.2) is 22.8 Å². The smallest absolute Gasteiger partial charge is 0.0623 e. The maximum Gasteiger partial charge on any atom is 0.0623 e. The number of halogens is 1. The first kappa shape index (κ1) is 14.6. The summed E-state index contributed by atoms with van der Waals surface area (Å²) in [4.78, 5) is 4.39. The van der Waals surface area contributed by atoms with Gasteiger partial charge in [-0.1, -0.05) is 6.92 Å². The number of nitrogens with zero attached hydrogens (tertiary/aromatic N) is 1. The van der Waals surface area contributed by atoms with Crippen LogP contribution in [0.25, 0.3) is 0 Å². The lowest BCUT2D eigenvalue weighted by Crippen LogP contribution is -2.36. The van der Waals surface area contributed by atoms with E-state index in [4.69, 9.17) is 4.74 Å². The molecule has 3 nitrogen and oxygen atoms in total. The molecule has 1 atom stereocenters. The van der Waals surface area contributed by atoms with Gasteiger partial charge in [0.15, 0.2) is 0 Å². The lowest BCUT2D eigenvalue weighted by molar-refractivity contribution is 0.122. The summed E-state index contributed by atoms with van der Waals surface area (Å²) >= 11 is 3.39. The average Bonchev–Trinajstić information content (AvgIpc) is 2.35. The Morgan fingerprint density at radius 1 is 1.41 bits per heavy atom. The van der Waals surface area contributed by atoms with E-state index in [9.17, 15) is 0 Å². The zero-order valence-corrected chi connectivity index (χ0v) is 12.2. The molecular weight excluding hydrogens is 280 g/mol. The van der Waals surface area contributed by atoms with Gasteiger partial charge in [0.25, 0.3) is 0 Å². The fraction of sp³-hybridized carbons (Fsp3) is 0.615. The predicted molar refractivity (Wildman–Crippen MR) is 74.2 cm³/mol. The second-order valence-corrected chi connectivity index (χ2v) is 4.90. The molecule has 1 heterocycles. The molecule has 1 N–H and O–H groups in total. The van der Waals surface area contributed by atoms with E-state index in [1.165, 1.54) is 0 Å². The van der Waals surface area contributed by atoms with E-state index >= 15 is 0 Å². The lowest BCUT2D eigenvalue weighted by atomic mass is 10.1. The van der Waals surface area contributed by atoms with E-state index in [0.717, 1.165) is 42.8 Å². The monoisotopic (exact) mass is 300 g/mol. The van der Waals surface area contributed by atoms with E-state index in [1.807, 2.05) is 19.2 Å². The third kappa shape index (κ3) is 6.15. The molecule has 0 bridgehead atoms. The van der Waals surface area contributed by atoms with Gasteiger partial charge in [0.2, 0.25) is 0 Å². The van der Waals surface area contributed by atoms with Crippen LogP contribution in [0.2, 0.25) is 0 Å². The van der Waals surface area contributed by atoms with Crippen molar-refractivity contribution in [3.63, 3.8) is 0 Å². The standard InChI is InChI=1S/C13H21BrN2O/c1-3-7-15-13(10-17-4-2)8-12-6-5-11(14)9-16-12/h5-6,9,13,15H,3-4,7-8,10H2,1-2H3. The van der Waals surface area contributed by atoms with Crippen molar-refractivity contribution in [1.29, 1.82) is 0 Å². The molecule has 0 fully saturated rings. The molecule has 0 aliphatic rings. The van der Waals surface area contributed by atoms with Crippen LogP contribution >= 0.6 is 15.9 Å². The van der Waals surface area contributed by atoms with E-state index in [2.05, 4.69) is 39.2 Å². The van der Waals surface area contributed by atoms with Crippen molar-refractivity contribution in [2.75, 3.05) is 19.8 Å². The first-order valence-corrected chi connectivity index (χ1v) is 6.97. The summed E-state index contributed by atoms with van der Waals surface area (Å²) in [6.45, 7) is 6.72. The van der Waals surface area contributed by atoms with Crippen molar-refractivity contribution in [3.8, 4) is 0 Å². The van der Waals surface area contributed by atoms with E-state index < -0.39 is 0 Å². The van der Waals surface area contributed by atoms with Crippen LogP contribution in [0.5, 0.6) is 0 Å². The minimum absolute atomic E-state index is 0.351. The van der Waals surface area contributed by atoms with Gasteiger partial charge in [0, 0.05) is 35.4 Å². The van der Waals surface area contributed by atoms with Crippen LogP contribution in [0.3, 0.4) is 0 Å². The van der Waals surface area contributed by atoms with Crippen molar-refractivity contribution in [2.24, 2.45) is 0 Å². The summed E-state index contributed by atoms with van der Waals surface area (Å²) in [5.74, 6) is 0. The fourth-order valence-corrected chi connectivity index (χ4v) is 1.81. The maximum absolute atomic E-state index is 5.49. The van der Waals surface area contributed by atoms with Crippen molar-refractivity contribution in [1.82, 2.24) is 10.3 Å². The molecule has 0 saturated carbocycles. The second-order valence-electron chi connectivity index (χ2n) is 3.98. The lowest BCUT2D eigenvalue weighted by Gasteiger charge is -2.17. The molecule has 96 valence electrons. The number of aromatic nitrogens is 1. The number of hydrogen-bond donors (Lipinski definition) is 1. The zero-order chi connectivity index (χ0) is 12.5. The number of nitrogens with one attached hydrogen (secondary N) is 1. The third-order valence-electron chi connectivity index (χ3n) is 2.45. The number of rotatable bonds is 8. The molecule has 0 aliphatic heterocycles. The highest BCUT2D eigenvalue weighted by molar-refractivity contribution is 9.10. The molecule has 0 spiro atoms. The van der Waals surface area contributed by atoms with Crippen LogP contribution in [-0.2, 0) is 11.2 Å². The summed E-state index contributed by atoms with van der Waals surface area (Å²) in [5, 5.41) is 3.49. The molecule has 1 unspecified atom stereocenters. The zero-order valence-electron chi connectivity index (χ0n) is 10.6. The molecule has 1 rings (SSSR count). The van der Waals surface area contributed by atoms with Gasteiger partial charge in [-0.15, -0.1) is 0 Å². The van der Waals surface area contributed by atoms with Crippen molar-refractivity contribution in [3.05, 3.63) is 28.5 Å². The predicted octanol–water partition coefficient (Wildman–Crippen LogP) is 2.79. The van der Waals surface area contributed by atoms with Gasteiger partial charge in [-0.3, -0.25) is 4.98 Å². The molecule has 1 aromatic heterocycles. The van der Waals surface area contributed by atoms with Crippen molar-refractivity contribution >= 4 is 15.9 Å². The minimum Gasteiger partial charge on any atom is -0.380 e. The van der Waals surface area contributed by atoms with Crippen LogP contribution < -0.4 is 5.32 Å². The van der Waals surface area contributed by atoms with Gasteiger partial charge >= 0.3 is 0 Å². The number of hydrogen-bond acceptors (Lipinski definition) is 3. The van der Waals surface area contributed by atoms with Crippen LogP contribution in [-0.4, -0.2) is 30.8 Å². The van der Waals surface area contributed by atoms with Gasteiger partial charge in [0.1, 0.15) is 0 Å².